The average molecular weight is 172 g/mol. The first-order valence-corrected chi connectivity index (χ1v) is 5.35. The van der Waals surface area contributed by atoms with Crippen LogP contribution >= 0.6 is 0 Å². The molecule has 0 heterocycles. The second-order valence-corrected chi connectivity index (χ2v) is 3.77. The van der Waals surface area contributed by atoms with Gasteiger partial charge in [0.05, 0.1) is 6.10 Å². The Bertz CT molecular complexity index is 99.2. The summed E-state index contributed by atoms with van der Waals surface area (Å²) in [4.78, 5) is 0. The molecule has 0 radical (unpaired) electrons. The summed E-state index contributed by atoms with van der Waals surface area (Å²) in [6.45, 7) is 8.55. The van der Waals surface area contributed by atoms with Gasteiger partial charge in [0.1, 0.15) is 0 Å². The van der Waals surface area contributed by atoms with Crippen molar-refractivity contribution in [2.24, 2.45) is 11.8 Å². The molecule has 1 nitrogen and oxygen atoms in total. The van der Waals surface area contributed by atoms with Crippen LogP contribution in [-0.2, 0) is 0 Å². The van der Waals surface area contributed by atoms with E-state index in [9.17, 15) is 5.11 Å². The van der Waals surface area contributed by atoms with Gasteiger partial charge in [-0.05, 0) is 18.8 Å². The largest absolute Gasteiger partial charge is 0.393 e. The van der Waals surface area contributed by atoms with Gasteiger partial charge in [-0.25, -0.2) is 0 Å². The first-order valence-electron chi connectivity index (χ1n) is 5.35. The van der Waals surface area contributed by atoms with E-state index < -0.39 is 0 Å². The van der Waals surface area contributed by atoms with Gasteiger partial charge in [0.25, 0.3) is 0 Å². The van der Waals surface area contributed by atoms with Crippen LogP contribution in [0.15, 0.2) is 0 Å². The molecule has 0 saturated carbocycles. The Kier molecular flexibility index (Phi) is 6.45. The fourth-order valence-corrected chi connectivity index (χ4v) is 2.16. The second-order valence-electron chi connectivity index (χ2n) is 3.77. The molecule has 0 fully saturated rings. The van der Waals surface area contributed by atoms with Gasteiger partial charge in [-0.1, -0.05) is 46.5 Å². The average Bonchev–Trinajstić information content (AvgIpc) is 2.03. The lowest BCUT2D eigenvalue weighted by molar-refractivity contribution is 0.0791. The van der Waals surface area contributed by atoms with Gasteiger partial charge >= 0.3 is 0 Å². The van der Waals surface area contributed by atoms with Crippen molar-refractivity contribution >= 4 is 0 Å². The fourth-order valence-electron chi connectivity index (χ4n) is 2.16. The number of aliphatic hydroxyl groups excluding tert-OH is 1. The number of rotatable bonds is 6. The minimum Gasteiger partial charge on any atom is -0.393 e. The van der Waals surface area contributed by atoms with E-state index in [1.807, 2.05) is 6.92 Å². The van der Waals surface area contributed by atoms with Crippen LogP contribution in [0.5, 0.6) is 0 Å². The smallest absolute Gasteiger partial charge is 0.0542 e. The van der Waals surface area contributed by atoms with Crippen LogP contribution in [0.2, 0.25) is 0 Å². The highest BCUT2D eigenvalue weighted by molar-refractivity contribution is 4.71. The Morgan fingerprint density at radius 1 is 1.08 bits per heavy atom. The monoisotopic (exact) mass is 172 g/mol. The van der Waals surface area contributed by atoms with Crippen molar-refractivity contribution in [2.45, 2.75) is 59.5 Å². The predicted octanol–water partition coefficient (Wildman–Crippen LogP) is 3.22. The zero-order chi connectivity index (χ0) is 9.56. The molecule has 12 heavy (non-hydrogen) atoms. The topological polar surface area (TPSA) is 20.2 Å². The first kappa shape index (κ1) is 12.0. The Morgan fingerprint density at radius 3 is 1.92 bits per heavy atom. The molecule has 0 aromatic carbocycles. The molecule has 0 spiro atoms. The zero-order valence-corrected chi connectivity index (χ0v) is 9.01. The van der Waals surface area contributed by atoms with Gasteiger partial charge in [-0.3, -0.25) is 0 Å². The van der Waals surface area contributed by atoms with Crippen molar-refractivity contribution < 1.29 is 5.11 Å². The van der Waals surface area contributed by atoms with Gasteiger partial charge in [0, 0.05) is 0 Å². The van der Waals surface area contributed by atoms with Crippen LogP contribution in [-0.4, -0.2) is 11.2 Å². The van der Waals surface area contributed by atoms with Crippen LogP contribution in [0, 0.1) is 11.8 Å². The van der Waals surface area contributed by atoms with Crippen LogP contribution < -0.4 is 0 Å². The van der Waals surface area contributed by atoms with Crippen molar-refractivity contribution in [1.29, 1.82) is 0 Å². The quantitative estimate of drug-likeness (QED) is 0.652. The van der Waals surface area contributed by atoms with Gasteiger partial charge in [-0.2, -0.15) is 0 Å². The summed E-state index contributed by atoms with van der Waals surface area (Å²) >= 11 is 0. The highest BCUT2D eigenvalue weighted by Gasteiger charge is 2.21. The summed E-state index contributed by atoms with van der Waals surface area (Å²) in [5.41, 5.74) is 0. The van der Waals surface area contributed by atoms with Gasteiger partial charge in [0.15, 0.2) is 0 Å². The van der Waals surface area contributed by atoms with E-state index >= 15 is 0 Å². The molecule has 1 N–H and O–H groups in total. The van der Waals surface area contributed by atoms with E-state index in [0.29, 0.717) is 5.92 Å². The molecule has 0 aromatic heterocycles. The van der Waals surface area contributed by atoms with E-state index in [4.69, 9.17) is 0 Å². The second kappa shape index (κ2) is 6.47. The maximum atomic E-state index is 9.54. The first-order chi connectivity index (χ1) is 5.67. The highest BCUT2D eigenvalue weighted by atomic mass is 16.3. The van der Waals surface area contributed by atoms with Crippen LogP contribution in [0.4, 0.5) is 0 Å². The normalized spacial score (nSPS) is 18.8. The molecule has 3 unspecified atom stereocenters. The lowest BCUT2D eigenvalue weighted by Gasteiger charge is -2.27. The molecule has 74 valence electrons. The molecule has 0 aliphatic carbocycles. The Hall–Kier alpha value is -0.0400. The lowest BCUT2D eigenvalue weighted by Crippen LogP contribution is -2.24. The highest BCUT2D eigenvalue weighted by Crippen LogP contribution is 2.26. The summed E-state index contributed by atoms with van der Waals surface area (Å²) < 4.78 is 0. The summed E-state index contributed by atoms with van der Waals surface area (Å²) in [5, 5.41) is 9.54. The molecule has 0 aliphatic heterocycles. The molecule has 0 aliphatic rings. The van der Waals surface area contributed by atoms with Crippen LogP contribution in [0.3, 0.4) is 0 Å². The summed E-state index contributed by atoms with van der Waals surface area (Å²) in [6.07, 6.45) is 4.68. The minimum atomic E-state index is -0.133. The summed E-state index contributed by atoms with van der Waals surface area (Å²) in [5.74, 6) is 1.23. The van der Waals surface area contributed by atoms with Gasteiger partial charge in [0.2, 0.25) is 0 Å². The molecule has 0 rings (SSSR count). The molecule has 0 amide bonds. The number of hydrogen-bond donors (Lipinski definition) is 1. The Labute approximate surface area is 77.2 Å². The van der Waals surface area contributed by atoms with Crippen molar-refractivity contribution in [3.63, 3.8) is 0 Å². The van der Waals surface area contributed by atoms with Crippen LogP contribution in [0.25, 0.3) is 0 Å². The van der Waals surface area contributed by atoms with Crippen molar-refractivity contribution in [3.8, 4) is 0 Å². The molecule has 0 aromatic rings. The number of aliphatic hydroxyl groups is 1. The van der Waals surface area contributed by atoms with E-state index in [0.717, 1.165) is 12.3 Å². The summed E-state index contributed by atoms with van der Waals surface area (Å²) in [6, 6.07) is 0. The third-order valence-electron chi connectivity index (χ3n) is 2.88. The maximum Gasteiger partial charge on any atom is 0.0542 e. The molecule has 1 heteroatoms. The maximum absolute atomic E-state index is 9.54. The fraction of sp³-hybridized carbons (Fsp3) is 1.00. The summed E-state index contributed by atoms with van der Waals surface area (Å²) in [7, 11) is 0. The third-order valence-corrected chi connectivity index (χ3v) is 2.88. The molecule has 0 saturated heterocycles. The number of hydrogen-bond acceptors (Lipinski definition) is 1. The SMILES string of the molecule is CCCC(CC)C(CC)C(C)O. The minimum absolute atomic E-state index is 0.133. The van der Waals surface area contributed by atoms with Crippen molar-refractivity contribution in [2.75, 3.05) is 0 Å². The van der Waals surface area contributed by atoms with E-state index in [-0.39, 0.29) is 6.10 Å². The Morgan fingerprint density at radius 2 is 1.67 bits per heavy atom. The van der Waals surface area contributed by atoms with Crippen molar-refractivity contribution in [3.05, 3.63) is 0 Å². The molecule has 3 atom stereocenters. The van der Waals surface area contributed by atoms with Gasteiger partial charge < -0.3 is 5.11 Å². The molecular weight excluding hydrogens is 148 g/mol. The zero-order valence-electron chi connectivity index (χ0n) is 9.01. The molecular formula is C11H24O. The molecule has 0 bridgehead atoms. The predicted molar refractivity (Wildman–Crippen MR) is 54.2 cm³/mol. The standard InChI is InChI=1S/C11H24O/c1-5-8-10(6-2)11(7-3)9(4)12/h9-12H,5-8H2,1-4H3. The lowest BCUT2D eigenvalue weighted by atomic mass is 9.81. The third kappa shape index (κ3) is 3.57. The van der Waals surface area contributed by atoms with Gasteiger partial charge in [-0.15, -0.1) is 0 Å². The van der Waals surface area contributed by atoms with Crippen LogP contribution in [0.1, 0.15) is 53.4 Å². The Balaban J connectivity index is 4.02. The van der Waals surface area contributed by atoms with E-state index in [2.05, 4.69) is 20.8 Å². The van der Waals surface area contributed by atoms with Crippen molar-refractivity contribution in [1.82, 2.24) is 0 Å². The van der Waals surface area contributed by atoms with E-state index in [1.165, 1.54) is 19.3 Å². The van der Waals surface area contributed by atoms with E-state index in [1.54, 1.807) is 0 Å².